The number of azide groups is 1. The molecule has 4 N–H and O–H groups in total. The van der Waals surface area contributed by atoms with Gasteiger partial charge in [-0.25, -0.2) is 0 Å². The molecule has 9 heteroatoms. The van der Waals surface area contributed by atoms with E-state index in [9.17, 15) is 4.79 Å². The number of aliphatic hydroxyl groups is 3. The number of hydrogen-bond donors (Lipinski definition) is 4. The molecule has 0 aliphatic rings. The van der Waals surface area contributed by atoms with Crippen LogP contribution in [0.5, 0.6) is 0 Å². The molecule has 8 nitrogen and oxygen atoms in total. The molecule has 0 aromatic heterocycles. The van der Waals surface area contributed by atoms with E-state index in [1.807, 2.05) is 0 Å². The normalized spacial score (nSPS) is 10.9. The maximum atomic E-state index is 11.5. The van der Waals surface area contributed by atoms with Crippen molar-refractivity contribution >= 4 is 17.7 Å². The molecule has 110 valence electrons. The minimum absolute atomic E-state index is 0.230. The molecular formula is C10H20N4O4S. The maximum Gasteiger partial charge on any atom is 0.221 e. The smallest absolute Gasteiger partial charge is 0.221 e. The molecule has 0 fully saturated rings. The summed E-state index contributed by atoms with van der Waals surface area (Å²) in [5.41, 5.74) is 6.70. The minimum atomic E-state index is -1.36. The van der Waals surface area contributed by atoms with Crippen LogP contribution >= 0.6 is 11.8 Å². The zero-order chi connectivity index (χ0) is 14.6. The molecule has 0 aliphatic heterocycles. The van der Waals surface area contributed by atoms with Crippen molar-refractivity contribution in [1.29, 1.82) is 0 Å². The summed E-state index contributed by atoms with van der Waals surface area (Å²) in [6, 6.07) is 0. The van der Waals surface area contributed by atoms with Gasteiger partial charge < -0.3 is 20.6 Å². The highest BCUT2D eigenvalue weighted by molar-refractivity contribution is 7.99. The second-order valence-electron chi connectivity index (χ2n) is 3.97. The van der Waals surface area contributed by atoms with Gasteiger partial charge in [0.1, 0.15) is 5.54 Å². The van der Waals surface area contributed by atoms with Crippen molar-refractivity contribution in [2.45, 2.75) is 18.4 Å². The van der Waals surface area contributed by atoms with Gasteiger partial charge in [-0.15, -0.1) is 0 Å². The molecule has 0 saturated heterocycles. The fraction of sp³-hybridized carbons (Fsp3) is 0.900. The topological polar surface area (TPSA) is 139 Å². The highest BCUT2D eigenvalue weighted by Crippen LogP contribution is 2.07. The Hall–Kier alpha value is -0.990. The zero-order valence-electron chi connectivity index (χ0n) is 10.7. The molecule has 0 aromatic carbocycles. The second kappa shape index (κ2) is 10.9. The van der Waals surface area contributed by atoms with Gasteiger partial charge in [-0.2, -0.15) is 11.8 Å². The number of carbonyl (C=O) groups excluding carboxylic acids is 1. The summed E-state index contributed by atoms with van der Waals surface area (Å²) in [7, 11) is 0. The quantitative estimate of drug-likeness (QED) is 0.178. The van der Waals surface area contributed by atoms with E-state index in [1.165, 1.54) is 0 Å². The molecule has 0 rings (SSSR count). The van der Waals surface area contributed by atoms with E-state index >= 15 is 0 Å². The average Bonchev–Trinajstić information content (AvgIpc) is 2.44. The maximum absolute atomic E-state index is 11.5. The van der Waals surface area contributed by atoms with E-state index in [1.54, 1.807) is 11.8 Å². The highest BCUT2D eigenvalue weighted by Gasteiger charge is 2.29. The number of nitrogens with one attached hydrogen (secondary N) is 1. The summed E-state index contributed by atoms with van der Waals surface area (Å²) in [6.45, 7) is -1.13. The SMILES string of the molecule is [N-]=[N+]=NCCCSCCC(=O)NC(CO)(CO)CO. The molecule has 1 amide bonds. The Balaban J connectivity index is 3.77. The van der Waals surface area contributed by atoms with Crippen LogP contribution in [-0.2, 0) is 4.79 Å². The molecule has 0 aromatic rings. The molecule has 0 heterocycles. The van der Waals surface area contributed by atoms with Crippen molar-refractivity contribution < 1.29 is 20.1 Å². The summed E-state index contributed by atoms with van der Waals surface area (Å²) in [5.74, 6) is 1.04. The Morgan fingerprint density at radius 1 is 1.26 bits per heavy atom. The second-order valence-corrected chi connectivity index (χ2v) is 5.20. The summed E-state index contributed by atoms with van der Waals surface area (Å²) in [4.78, 5) is 14.2. The van der Waals surface area contributed by atoms with Crippen LogP contribution in [0.3, 0.4) is 0 Å². The third-order valence-electron chi connectivity index (χ3n) is 2.40. The van der Waals surface area contributed by atoms with Crippen LogP contribution in [0.1, 0.15) is 12.8 Å². The number of thioether (sulfide) groups is 1. The Bertz CT molecular complexity index is 298. The lowest BCUT2D eigenvalue weighted by atomic mass is 10.0. The van der Waals surface area contributed by atoms with Gasteiger partial charge in [0, 0.05) is 23.6 Å². The third-order valence-corrected chi connectivity index (χ3v) is 3.47. The predicted molar refractivity (Wildman–Crippen MR) is 72.7 cm³/mol. The van der Waals surface area contributed by atoms with Crippen molar-refractivity contribution in [3.63, 3.8) is 0 Å². The highest BCUT2D eigenvalue weighted by atomic mass is 32.2. The molecule has 0 spiro atoms. The van der Waals surface area contributed by atoms with Crippen LogP contribution in [-0.4, -0.2) is 64.6 Å². The van der Waals surface area contributed by atoms with E-state index < -0.39 is 25.4 Å². The first-order valence-electron chi connectivity index (χ1n) is 5.86. The Kier molecular flexibility index (Phi) is 10.3. The Morgan fingerprint density at radius 2 is 1.89 bits per heavy atom. The lowest BCUT2D eigenvalue weighted by molar-refractivity contribution is -0.124. The van der Waals surface area contributed by atoms with Crippen LogP contribution in [0.2, 0.25) is 0 Å². The minimum Gasteiger partial charge on any atom is -0.394 e. The molecule has 0 saturated carbocycles. The van der Waals surface area contributed by atoms with Gasteiger partial charge in [0.2, 0.25) is 5.91 Å². The van der Waals surface area contributed by atoms with Gasteiger partial charge >= 0.3 is 0 Å². The Morgan fingerprint density at radius 3 is 2.42 bits per heavy atom. The van der Waals surface area contributed by atoms with Crippen LogP contribution in [0.4, 0.5) is 0 Å². The van der Waals surface area contributed by atoms with Crippen LogP contribution in [0.25, 0.3) is 10.4 Å². The first-order chi connectivity index (χ1) is 9.14. The summed E-state index contributed by atoms with van der Waals surface area (Å²) >= 11 is 1.55. The third kappa shape index (κ3) is 7.91. The fourth-order valence-corrected chi connectivity index (χ4v) is 2.04. The molecule has 0 atom stereocenters. The monoisotopic (exact) mass is 292 g/mol. The molecule has 0 bridgehead atoms. The van der Waals surface area contributed by atoms with E-state index in [-0.39, 0.29) is 12.3 Å². The van der Waals surface area contributed by atoms with Gasteiger partial charge in [0.15, 0.2) is 0 Å². The average molecular weight is 292 g/mol. The number of nitrogens with zero attached hydrogens (tertiary/aromatic N) is 3. The number of rotatable bonds is 11. The van der Waals surface area contributed by atoms with Crippen molar-refractivity contribution in [3.05, 3.63) is 10.4 Å². The van der Waals surface area contributed by atoms with Crippen LogP contribution < -0.4 is 5.32 Å². The van der Waals surface area contributed by atoms with Gasteiger partial charge in [-0.05, 0) is 17.7 Å². The van der Waals surface area contributed by atoms with Crippen molar-refractivity contribution in [1.82, 2.24) is 5.32 Å². The summed E-state index contributed by atoms with van der Waals surface area (Å²) < 4.78 is 0. The van der Waals surface area contributed by atoms with Crippen molar-refractivity contribution in [3.8, 4) is 0 Å². The standard InChI is InChI=1S/C10H20N4O4S/c11-14-12-3-1-4-19-5-2-9(18)13-10(6-15,7-16)8-17/h15-17H,1-8H2,(H,13,18). The zero-order valence-corrected chi connectivity index (χ0v) is 11.5. The number of carbonyl (C=O) groups is 1. The van der Waals surface area contributed by atoms with E-state index in [4.69, 9.17) is 20.9 Å². The first kappa shape index (κ1) is 18.0. The number of amides is 1. The molecule has 0 radical (unpaired) electrons. The molecule has 19 heavy (non-hydrogen) atoms. The van der Waals surface area contributed by atoms with E-state index in [0.717, 1.165) is 12.2 Å². The van der Waals surface area contributed by atoms with Gasteiger partial charge in [-0.3, -0.25) is 4.79 Å². The van der Waals surface area contributed by atoms with Crippen LogP contribution in [0.15, 0.2) is 5.11 Å². The van der Waals surface area contributed by atoms with E-state index in [2.05, 4.69) is 15.3 Å². The summed E-state index contributed by atoms with van der Waals surface area (Å²) in [5, 5.41) is 32.9. The van der Waals surface area contributed by atoms with Gasteiger partial charge in [0.05, 0.1) is 19.8 Å². The summed E-state index contributed by atoms with van der Waals surface area (Å²) in [6.07, 6.45) is 0.984. The largest absolute Gasteiger partial charge is 0.394 e. The van der Waals surface area contributed by atoms with E-state index in [0.29, 0.717) is 12.3 Å². The van der Waals surface area contributed by atoms with Crippen molar-refractivity contribution in [2.75, 3.05) is 37.9 Å². The lowest BCUT2D eigenvalue weighted by Gasteiger charge is -2.28. The van der Waals surface area contributed by atoms with Gasteiger partial charge in [0.25, 0.3) is 0 Å². The molecular weight excluding hydrogens is 272 g/mol. The van der Waals surface area contributed by atoms with Gasteiger partial charge in [-0.1, -0.05) is 5.11 Å². The predicted octanol–water partition coefficient (Wildman–Crippen LogP) is -0.358. The molecule has 0 aliphatic carbocycles. The van der Waals surface area contributed by atoms with Crippen molar-refractivity contribution in [2.24, 2.45) is 5.11 Å². The number of aliphatic hydroxyl groups excluding tert-OH is 3. The first-order valence-corrected chi connectivity index (χ1v) is 7.02. The molecule has 0 unspecified atom stereocenters. The fourth-order valence-electron chi connectivity index (χ4n) is 1.18. The van der Waals surface area contributed by atoms with Crippen LogP contribution in [0, 0.1) is 0 Å². The lowest BCUT2D eigenvalue weighted by Crippen LogP contribution is -2.57. The number of hydrogen-bond acceptors (Lipinski definition) is 6. The Labute approximate surface area is 115 Å².